The minimum absolute atomic E-state index is 0.0223. The Bertz CT molecular complexity index is 1450. The summed E-state index contributed by atoms with van der Waals surface area (Å²) in [5.74, 6) is 0.500. The van der Waals surface area contributed by atoms with Crippen molar-refractivity contribution in [1.29, 1.82) is 0 Å². The smallest absolute Gasteiger partial charge is 0.417 e. The predicted octanol–water partition coefficient (Wildman–Crippen LogP) is 6.30. The maximum Gasteiger partial charge on any atom is 0.417 e. The standard InChI is InChI=1S/C26H25BrF3N3O3S/c1-14(2)13-36-18-7-5-17(6-8-18)33-24(35)19-10-15(3)32(12-22(19)31-25(33)37)23(34)16-4-9-21(27)20(11-16)26(28,29)30/h4-9,11,14-15H,10,12-13H2,1-3H3,(H,31,37)/t15-/m1/s1. The lowest BCUT2D eigenvalue weighted by atomic mass is 9.98. The minimum atomic E-state index is -4.61. The lowest BCUT2D eigenvalue weighted by molar-refractivity contribution is -0.138. The van der Waals surface area contributed by atoms with Gasteiger partial charge >= 0.3 is 6.18 Å². The molecule has 0 saturated heterocycles. The number of H-pyrrole nitrogens is 1. The average Bonchev–Trinajstić information content (AvgIpc) is 2.83. The summed E-state index contributed by atoms with van der Waals surface area (Å²) in [5, 5.41) is 0. The Kier molecular flexibility index (Phi) is 7.66. The Labute approximate surface area is 225 Å². The van der Waals surface area contributed by atoms with Crippen molar-refractivity contribution in [3.8, 4) is 11.4 Å². The zero-order valence-electron chi connectivity index (χ0n) is 20.4. The summed E-state index contributed by atoms with van der Waals surface area (Å²) in [6, 6.07) is 10.0. The Morgan fingerprint density at radius 2 is 1.89 bits per heavy atom. The van der Waals surface area contributed by atoms with Crippen LogP contribution in [-0.4, -0.2) is 33.0 Å². The van der Waals surface area contributed by atoms with Gasteiger partial charge in [0.25, 0.3) is 11.5 Å². The van der Waals surface area contributed by atoms with Crippen molar-refractivity contribution in [2.45, 2.75) is 46.0 Å². The number of aromatic nitrogens is 2. The van der Waals surface area contributed by atoms with E-state index in [1.807, 2.05) is 0 Å². The molecule has 3 aromatic rings. The van der Waals surface area contributed by atoms with Gasteiger partial charge in [-0.15, -0.1) is 0 Å². The summed E-state index contributed by atoms with van der Waals surface area (Å²) in [4.78, 5) is 31.1. The number of rotatable bonds is 5. The number of hydrogen-bond donors (Lipinski definition) is 1. The zero-order chi connectivity index (χ0) is 27.1. The average molecular weight is 596 g/mol. The van der Waals surface area contributed by atoms with E-state index in [1.165, 1.54) is 21.6 Å². The molecule has 196 valence electrons. The molecule has 0 bridgehead atoms. The number of carbonyl (C=O) groups excluding carboxylic acids is 1. The van der Waals surface area contributed by atoms with Gasteiger partial charge in [-0.3, -0.25) is 14.2 Å². The summed E-state index contributed by atoms with van der Waals surface area (Å²) in [7, 11) is 0. The highest BCUT2D eigenvalue weighted by molar-refractivity contribution is 9.10. The maximum absolute atomic E-state index is 13.4. The minimum Gasteiger partial charge on any atom is -0.493 e. The number of halogens is 4. The molecule has 37 heavy (non-hydrogen) atoms. The van der Waals surface area contributed by atoms with Crippen molar-refractivity contribution < 1.29 is 22.7 Å². The third-order valence-corrected chi connectivity index (χ3v) is 7.08. The Morgan fingerprint density at radius 3 is 2.51 bits per heavy atom. The first kappa shape index (κ1) is 27.1. The van der Waals surface area contributed by atoms with Crippen LogP contribution in [-0.2, 0) is 19.1 Å². The molecule has 11 heteroatoms. The molecule has 1 aromatic heterocycles. The van der Waals surface area contributed by atoms with Crippen molar-refractivity contribution in [2.75, 3.05) is 6.61 Å². The number of aromatic amines is 1. The van der Waals surface area contributed by atoms with E-state index in [-0.39, 0.29) is 33.3 Å². The highest BCUT2D eigenvalue weighted by atomic mass is 79.9. The van der Waals surface area contributed by atoms with Gasteiger partial charge in [0.15, 0.2) is 4.77 Å². The highest BCUT2D eigenvalue weighted by Crippen LogP contribution is 2.36. The van der Waals surface area contributed by atoms with Crippen molar-refractivity contribution in [3.05, 3.63) is 84.4 Å². The second-order valence-corrected chi connectivity index (χ2v) is 10.6. The number of benzene rings is 2. The first-order valence-corrected chi connectivity index (χ1v) is 12.8. The summed E-state index contributed by atoms with van der Waals surface area (Å²) < 4.78 is 47.2. The molecule has 1 atom stereocenters. The van der Waals surface area contributed by atoms with E-state index < -0.39 is 23.7 Å². The molecule has 4 rings (SSSR count). The second kappa shape index (κ2) is 10.4. The lowest BCUT2D eigenvalue weighted by Gasteiger charge is -2.34. The third-order valence-electron chi connectivity index (χ3n) is 6.10. The fraction of sp³-hybridized carbons (Fsp3) is 0.346. The van der Waals surface area contributed by atoms with Gasteiger partial charge in [0, 0.05) is 27.3 Å². The van der Waals surface area contributed by atoms with Gasteiger partial charge in [-0.05, 0) is 73.9 Å². The van der Waals surface area contributed by atoms with E-state index in [0.717, 1.165) is 6.07 Å². The van der Waals surface area contributed by atoms with Crippen molar-refractivity contribution in [2.24, 2.45) is 5.92 Å². The van der Waals surface area contributed by atoms with Crippen LogP contribution in [0.4, 0.5) is 13.2 Å². The molecular formula is C26H25BrF3N3O3S. The van der Waals surface area contributed by atoms with Crippen LogP contribution in [0.1, 0.15) is 48.0 Å². The number of nitrogens with one attached hydrogen (secondary N) is 1. The fourth-order valence-corrected chi connectivity index (χ4v) is 4.98. The molecule has 2 aromatic carbocycles. The molecule has 1 aliphatic heterocycles. The molecule has 0 radical (unpaired) electrons. The van der Waals surface area contributed by atoms with Crippen LogP contribution in [0.3, 0.4) is 0 Å². The van der Waals surface area contributed by atoms with Crippen LogP contribution in [0.25, 0.3) is 5.69 Å². The van der Waals surface area contributed by atoms with E-state index in [9.17, 15) is 22.8 Å². The first-order chi connectivity index (χ1) is 17.4. The summed E-state index contributed by atoms with van der Waals surface area (Å²) >= 11 is 8.37. The quantitative estimate of drug-likeness (QED) is 0.352. The molecular weight excluding hydrogens is 571 g/mol. The molecule has 0 fully saturated rings. The molecule has 0 saturated carbocycles. The Hall–Kier alpha value is -2.92. The van der Waals surface area contributed by atoms with Gasteiger partial charge < -0.3 is 14.6 Å². The van der Waals surface area contributed by atoms with Gasteiger partial charge in [-0.25, -0.2) is 0 Å². The van der Waals surface area contributed by atoms with Crippen LogP contribution in [0.2, 0.25) is 0 Å². The van der Waals surface area contributed by atoms with Crippen LogP contribution in [0.15, 0.2) is 51.7 Å². The number of hydrogen-bond acceptors (Lipinski definition) is 4. The van der Waals surface area contributed by atoms with Crippen molar-refractivity contribution in [1.82, 2.24) is 14.5 Å². The van der Waals surface area contributed by atoms with Gasteiger partial charge in [0.1, 0.15) is 5.75 Å². The fourth-order valence-electron chi connectivity index (χ4n) is 4.20. The molecule has 6 nitrogen and oxygen atoms in total. The largest absolute Gasteiger partial charge is 0.493 e. The van der Waals surface area contributed by atoms with Gasteiger partial charge in [-0.1, -0.05) is 29.8 Å². The van der Waals surface area contributed by atoms with Crippen LogP contribution in [0.5, 0.6) is 5.75 Å². The SMILES string of the molecule is CC(C)COc1ccc(-n2c(=S)[nH]c3c(c2=O)C[C@@H](C)N(C(=O)c2ccc(Br)c(C(F)(F)F)c2)C3)cc1. The first-order valence-electron chi connectivity index (χ1n) is 11.6. The maximum atomic E-state index is 13.4. The highest BCUT2D eigenvalue weighted by Gasteiger charge is 2.35. The molecule has 0 aliphatic carbocycles. The number of fused-ring (bicyclic) bond motifs is 1. The normalized spacial score (nSPS) is 15.6. The summed E-state index contributed by atoms with van der Waals surface area (Å²) in [5.41, 5.74) is 0.229. The van der Waals surface area contributed by atoms with Crippen LogP contribution in [0, 0.1) is 10.7 Å². The van der Waals surface area contributed by atoms with Gasteiger partial charge in [0.05, 0.1) is 24.4 Å². The monoisotopic (exact) mass is 595 g/mol. The second-order valence-electron chi connectivity index (χ2n) is 9.41. The summed E-state index contributed by atoms with van der Waals surface area (Å²) in [6.45, 7) is 6.46. The number of ether oxygens (including phenoxy) is 1. The van der Waals surface area contributed by atoms with E-state index in [2.05, 4.69) is 34.8 Å². The van der Waals surface area contributed by atoms with Gasteiger partial charge in [-0.2, -0.15) is 13.2 Å². The van der Waals surface area contributed by atoms with E-state index >= 15 is 0 Å². The summed E-state index contributed by atoms with van der Waals surface area (Å²) in [6.07, 6.45) is -4.38. The third kappa shape index (κ3) is 5.67. The molecule has 1 N–H and O–H groups in total. The van der Waals surface area contributed by atoms with E-state index in [4.69, 9.17) is 17.0 Å². The molecule has 0 spiro atoms. The molecule has 1 amide bonds. The van der Waals surface area contributed by atoms with Crippen LogP contribution >= 0.6 is 28.1 Å². The van der Waals surface area contributed by atoms with E-state index in [0.29, 0.717) is 35.2 Å². The molecule has 2 heterocycles. The van der Waals surface area contributed by atoms with Gasteiger partial charge in [0.2, 0.25) is 0 Å². The van der Waals surface area contributed by atoms with E-state index in [1.54, 1.807) is 31.2 Å². The molecule has 1 aliphatic rings. The number of alkyl halides is 3. The van der Waals surface area contributed by atoms with Crippen molar-refractivity contribution >= 4 is 34.1 Å². The number of carbonyl (C=O) groups is 1. The number of amides is 1. The number of nitrogens with zero attached hydrogens (tertiary/aromatic N) is 2. The Balaban J connectivity index is 1.64. The Morgan fingerprint density at radius 1 is 1.22 bits per heavy atom. The zero-order valence-corrected chi connectivity index (χ0v) is 22.8. The van der Waals surface area contributed by atoms with Crippen LogP contribution < -0.4 is 10.3 Å². The predicted molar refractivity (Wildman–Crippen MR) is 140 cm³/mol. The topological polar surface area (TPSA) is 67.3 Å². The lowest BCUT2D eigenvalue weighted by Crippen LogP contribution is -2.45. The van der Waals surface area contributed by atoms with Crippen molar-refractivity contribution in [3.63, 3.8) is 0 Å². The molecule has 0 unspecified atom stereocenters.